The van der Waals surface area contributed by atoms with Crippen LogP contribution in [0.4, 0.5) is 0 Å². The Morgan fingerprint density at radius 3 is 3.03 bits per heavy atom. The molecule has 1 amide bonds. The first kappa shape index (κ1) is 18.0. The standard InChI is InChI=1S/C24H25N3O2/c1-29-14-13-27-12-11-16-9-10-17(15-22(16)27)24(28)26-21-8-4-6-19-18-5-2-3-7-20(18)25-23(19)21/h2-3,5,7,9-12,15,21,25H,4,6,8,13-14H2,1H3,(H,26,28)/t21-/m1/s1. The molecule has 0 fully saturated rings. The van der Waals surface area contributed by atoms with E-state index in [9.17, 15) is 4.79 Å². The predicted octanol–water partition coefficient (Wildman–Crippen LogP) is 4.58. The first-order valence-corrected chi connectivity index (χ1v) is 10.2. The van der Waals surface area contributed by atoms with E-state index in [0.717, 1.165) is 47.9 Å². The van der Waals surface area contributed by atoms with E-state index < -0.39 is 0 Å². The molecule has 5 heteroatoms. The molecule has 2 heterocycles. The lowest BCUT2D eigenvalue weighted by atomic mass is 9.91. The van der Waals surface area contributed by atoms with Gasteiger partial charge in [0.15, 0.2) is 0 Å². The second kappa shape index (κ2) is 7.41. The molecule has 0 spiro atoms. The Morgan fingerprint density at radius 2 is 2.14 bits per heavy atom. The molecule has 1 atom stereocenters. The number of H-pyrrole nitrogens is 1. The van der Waals surface area contributed by atoms with Crippen LogP contribution in [0, 0.1) is 0 Å². The summed E-state index contributed by atoms with van der Waals surface area (Å²) < 4.78 is 7.33. The number of aromatic amines is 1. The Balaban J connectivity index is 1.42. The van der Waals surface area contributed by atoms with E-state index in [1.807, 2.05) is 30.5 Å². The highest BCUT2D eigenvalue weighted by Crippen LogP contribution is 2.34. The summed E-state index contributed by atoms with van der Waals surface area (Å²) >= 11 is 0. The van der Waals surface area contributed by atoms with Crippen LogP contribution in [0.5, 0.6) is 0 Å². The number of ether oxygens (including phenoxy) is 1. The average Bonchev–Trinajstić information content (AvgIpc) is 3.33. The number of nitrogens with zero attached hydrogens (tertiary/aromatic N) is 1. The number of aromatic nitrogens is 2. The van der Waals surface area contributed by atoms with E-state index in [1.54, 1.807) is 7.11 Å². The monoisotopic (exact) mass is 387 g/mol. The van der Waals surface area contributed by atoms with Gasteiger partial charge in [0, 0.05) is 47.5 Å². The Kier molecular flexibility index (Phi) is 4.60. The number of para-hydroxylation sites is 1. The molecule has 1 aliphatic rings. The fourth-order valence-corrected chi connectivity index (χ4v) is 4.51. The molecule has 29 heavy (non-hydrogen) atoms. The number of aryl methyl sites for hydroxylation is 1. The van der Waals surface area contributed by atoms with Crippen LogP contribution in [0.3, 0.4) is 0 Å². The minimum atomic E-state index is -0.0251. The molecule has 148 valence electrons. The van der Waals surface area contributed by atoms with Gasteiger partial charge >= 0.3 is 0 Å². The lowest BCUT2D eigenvalue weighted by Gasteiger charge is -2.24. The smallest absolute Gasteiger partial charge is 0.251 e. The highest BCUT2D eigenvalue weighted by Gasteiger charge is 2.25. The van der Waals surface area contributed by atoms with Crippen LogP contribution in [-0.4, -0.2) is 29.2 Å². The largest absolute Gasteiger partial charge is 0.383 e. The van der Waals surface area contributed by atoms with Crippen LogP contribution in [0.2, 0.25) is 0 Å². The number of carbonyl (C=O) groups excluding carboxylic acids is 1. The van der Waals surface area contributed by atoms with Gasteiger partial charge in [-0.05, 0) is 54.5 Å². The summed E-state index contributed by atoms with van der Waals surface area (Å²) in [4.78, 5) is 16.6. The number of carbonyl (C=O) groups is 1. The summed E-state index contributed by atoms with van der Waals surface area (Å²) in [5.41, 5.74) is 5.41. The van der Waals surface area contributed by atoms with Crippen molar-refractivity contribution in [2.75, 3.05) is 13.7 Å². The van der Waals surface area contributed by atoms with Gasteiger partial charge < -0.3 is 19.6 Å². The molecule has 0 bridgehead atoms. The van der Waals surface area contributed by atoms with Crippen LogP contribution in [0.25, 0.3) is 21.8 Å². The Hall–Kier alpha value is -3.05. The summed E-state index contributed by atoms with van der Waals surface area (Å²) in [5.74, 6) is -0.0251. The van der Waals surface area contributed by atoms with Crippen molar-refractivity contribution in [3.63, 3.8) is 0 Å². The Labute approximate surface area is 169 Å². The Bertz CT molecular complexity index is 1190. The van der Waals surface area contributed by atoms with Gasteiger partial charge in [-0.15, -0.1) is 0 Å². The molecule has 2 aromatic heterocycles. The molecule has 0 saturated heterocycles. The van der Waals surface area contributed by atoms with Gasteiger partial charge in [-0.2, -0.15) is 0 Å². The first-order chi connectivity index (χ1) is 14.2. The highest BCUT2D eigenvalue weighted by molar-refractivity contribution is 5.98. The first-order valence-electron chi connectivity index (χ1n) is 10.2. The summed E-state index contributed by atoms with van der Waals surface area (Å²) in [5, 5.41) is 5.68. The molecular weight excluding hydrogens is 362 g/mol. The zero-order valence-corrected chi connectivity index (χ0v) is 16.6. The normalized spacial score (nSPS) is 16.2. The van der Waals surface area contributed by atoms with Crippen molar-refractivity contribution in [2.24, 2.45) is 0 Å². The van der Waals surface area contributed by atoms with E-state index in [2.05, 4.69) is 39.1 Å². The van der Waals surface area contributed by atoms with Crippen LogP contribution < -0.4 is 5.32 Å². The van der Waals surface area contributed by atoms with Crippen LogP contribution >= 0.6 is 0 Å². The Morgan fingerprint density at radius 1 is 1.24 bits per heavy atom. The second-order valence-electron chi connectivity index (χ2n) is 7.76. The maximum Gasteiger partial charge on any atom is 0.251 e. The third kappa shape index (κ3) is 3.21. The van der Waals surface area contributed by atoms with Crippen molar-refractivity contribution in [1.29, 1.82) is 0 Å². The SMILES string of the molecule is COCCn1ccc2ccc(C(=O)N[C@@H]3CCCc4c3[nH]c3ccccc43)cc21. The number of fused-ring (bicyclic) bond motifs is 4. The van der Waals surface area contributed by atoms with Crippen molar-refractivity contribution in [3.8, 4) is 0 Å². The zero-order chi connectivity index (χ0) is 19.8. The predicted molar refractivity (Wildman–Crippen MR) is 115 cm³/mol. The molecule has 0 unspecified atom stereocenters. The van der Waals surface area contributed by atoms with Gasteiger partial charge in [-0.3, -0.25) is 4.79 Å². The number of hydrogen-bond donors (Lipinski definition) is 2. The van der Waals surface area contributed by atoms with Crippen LogP contribution in [-0.2, 0) is 17.7 Å². The van der Waals surface area contributed by atoms with Crippen LogP contribution in [0.15, 0.2) is 54.7 Å². The maximum atomic E-state index is 13.1. The number of amides is 1. The topological polar surface area (TPSA) is 59.0 Å². The fraction of sp³-hybridized carbons (Fsp3) is 0.292. The third-order valence-electron chi connectivity index (χ3n) is 5.99. The van der Waals surface area contributed by atoms with E-state index in [4.69, 9.17) is 4.74 Å². The lowest BCUT2D eigenvalue weighted by molar-refractivity contribution is 0.0932. The average molecular weight is 387 g/mol. The minimum Gasteiger partial charge on any atom is -0.383 e. The minimum absolute atomic E-state index is 0.0228. The maximum absolute atomic E-state index is 13.1. The summed E-state index contributed by atoms with van der Waals surface area (Å²) in [6.07, 6.45) is 5.14. The molecule has 5 rings (SSSR count). The number of nitrogens with one attached hydrogen (secondary N) is 2. The number of hydrogen-bond acceptors (Lipinski definition) is 2. The summed E-state index contributed by atoms with van der Waals surface area (Å²) in [6.45, 7) is 1.41. The summed E-state index contributed by atoms with van der Waals surface area (Å²) in [7, 11) is 1.70. The lowest BCUT2D eigenvalue weighted by Crippen LogP contribution is -2.31. The van der Waals surface area contributed by atoms with E-state index in [1.165, 1.54) is 10.9 Å². The molecule has 0 saturated carbocycles. The van der Waals surface area contributed by atoms with Gasteiger partial charge in [0.05, 0.1) is 12.6 Å². The van der Waals surface area contributed by atoms with E-state index in [0.29, 0.717) is 12.2 Å². The molecule has 1 aliphatic carbocycles. The third-order valence-corrected chi connectivity index (χ3v) is 5.99. The van der Waals surface area contributed by atoms with Crippen molar-refractivity contribution >= 4 is 27.7 Å². The number of rotatable bonds is 5. The molecular formula is C24H25N3O2. The van der Waals surface area contributed by atoms with Crippen molar-refractivity contribution < 1.29 is 9.53 Å². The van der Waals surface area contributed by atoms with Crippen molar-refractivity contribution in [1.82, 2.24) is 14.9 Å². The molecule has 5 nitrogen and oxygen atoms in total. The molecule has 2 aromatic carbocycles. The molecule has 0 aliphatic heterocycles. The van der Waals surface area contributed by atoms with Gasteiger partial charge in [0.25, 0.3) is 5.91 Å². The molecule has 2 N–H and O–H groups in total. The zero-order valence-electron chi connectivity index (χ0n) is 16.6. The van der Waals surface area contributed by atoms with Crippen molar-refractivity contribution in [3.05, 3.63) is 71.5 Å². The molecule has 4 aromatic rings. The van der Waals surface area contributed by atoms with Crippen molar-refractivity contribution in [2.45, 2.75) is 31.8 Å². The van der Waals surface area contributed by atoms with Crippen LogP contribution in [0.1, 0.15) is 40.5 Å². The van der Waals surface area contributed by atoms with E-state index >= 15 is 0 Å². The number of methoxy groups -OCH3 is 1. The fourth-order valence-electron chi connectivity index (χ4n) is 4.51. The van der Waals surface area contributed by atoms with Gasteiger partial charge in [0.2, 0.25) is 0 Å². The highest BCUT2D eigenvalue weighted by atomic mass is 16.5. The second-order valence-corrected chi connectivity index (χ2v) is 7.76. The van der Waals surface area contributed by atoms with E-state index in [-0.39, 0.29) is 11.9 Å². The number of benzene rings is 2. The quantitative estimate of drug-likeness (QED) is 0.527. The van der Waals surface area contributed by atoms with Gasteiger partial charge in [-0.1, -0.05) is 24.3 Å². The molecule has 0 radical (unpaired) electrons. The van der Waals surface area contributed by atoms with Gasteiger partial charge in [-0.25, -0.2) is 0 Å². The summed E-state index contributed by atoms with van der Waals surface area (Å²) in [6, 6.07) is 16.4. The van der Waals surface area contributed by atoms with Gasteiger partial charge in [0.1, 0.15) is 0 Å².